The fourth-order valence-corrected chi connectivity index (χ4v) is 5.75. The maximum Gasteiger partial charge on any atom is 0.245 e. The molecule has 158 valence electrons. The fourth-order valence-electron chi connectivity index (χ4n) is 3.57. The predicted octanol–water partition coefficient (Wildman–Crippen LogP) is 1.87. The van der Waals surface area contributed by atoms with Crippen LogP contribution in [0, 0.1) is 0 Å². The summed E-state index contributed by atoms with van der Waals surface area (Å²) in [6, 6.07) is 14.7. The maximum absolute atomic E-state index is 13.1. The number of sulfonamides is 1. The molecule has 30 heavy (non-hydrogen) atoms. The molecule has 10 heteroatoms. The third kappa shape index (κ3) is 4.36. The minimum absolute atomic E-state index is 0.0685. The lowest BCUT2D eigenvalue weighted by Gasteiger charge is -2.33. The summed E-state index contributed by atoms with van der Waals surface area (Å²) in [7, 11) is -3.66. The summed E-state index contributed by atoms with van der Waals surface area (Å²) in [5.41, 5.74) is 2.05. The van der Waals surface area contributed by atoms with E-state index in [9.17, 15) is 13.2 Å². The van der Waals surface area contributed by atoms with Crippen molar-refractivity contribution in [2.75, 3.05) is 32.7 Å². The number of aromatic nitrogens is 2. The van der Waals surface area contributed by atoms with Crippen LogP contribution in [0.2, 0.25) is 0 Å². The third-order valence-electron chi connectivity index (χ3n) is 5.24. The molecule has 2 heterocycles. The van der Waals surface area contributed by atoms with Crippen LogP contribution in [0.1, 0.15) is 18.5 Å². The minimum Gasteiger partial charge on any atom is -0.348 e. The number of carbonyl (C=O) groups excluding carboxylic acids is 1. The summed E-state index contributed by atoms with van der Waals surface area (Å²) in [6.45, 7) is 3.85. The molecule has 1 aliphatic rings. The van der Waals surface area contributed by atoms with Gasteiger partial charge in [-0.2, -0.15) is 13.1 Å². The fraction of sp³-hybridized carbons (Fsp3) is 0.350. The summed E-state index contributed by atoms with van der Waals surface area (Å²) in [6.07, 6.45) is 0. The summed E-state index contributed by atoms with van der Waals surface area (Å²) >= 11 is 1.00. The average Bonchev–Trinajstić information content (AvgIpc) is 3.23. The highest BCUT2D eigenvalue weighted by atomic mass is 32.2. The molecule has 4 rings (SSSR count). The van der Waals surface area contributed by atoms with Gasteiger partial charge in [0.1, 0.15) is 15.9 Å². The van der Waals surface area contributed by atoms with Crippen molar-refractivity contribution < 1.29 is 13.2 Å². The molecule has 1 aliphatic heterocycles. The molecular weight excluding hydrogens is 422 g/mol. The average molecular weight is 446 g/mol. The van der Waals surface area contributed by atoms with Crippen LogP contribution < -0.4 is 5.32 Å². The van der Waals surface area contributed by atoms with Gasteiger partial charge >= 0.3 is 0 Å². The summed E-state index contributed by atoms with van der Waals surface area (Å²) in [5, 5.41) is 3.00. The third-order valence-corrected chi connectivity index (χ3v) is 7.72. The van der Waals surface area contributed by atoms with Crippen molar-refractivity contribution in [3.05, 3.63) is 54.1 Å². The van der Waals surface area contributed by atoms with E-state index in [0.717, 1.165) is 17.3 Å². The SMILES string of the molecule is CC(NC(=O)CN1CCN(S(=O)(=O)c2cccc3nsnc23)CC1)c1ccccc1. The van der Waals surface area contributed by atoms with Gasteiger partial charge in [-0.25, -0.2) is 8.42 Å². The molecule has 0 saturated carbocycles. The van der Waals surface area contributed by atoms with E-state index < -0.39 is 10.0 Å². The van der Waals surface area contributed by atoms with Gasteiger partial charge in [-0.1, -0.05) is 36.4 Å². The molecule has 2 aromatic carbocycles. The summed E-state index contributed by atoms with van der Waals surface area (Å²) < 4.78 is 35.9. The van der Waals surface area contributed by atoms with Crippen molar-refractivity contribution in [3.8, 4) is 0 Å². The summed E-state index contributed by atoms with van der Waals surface area (Å²) in [5.74, 6) is -0.0685. The molecule has 1 fully saturated rings. The first kappa shape index (κ1) is 20.9. The molecule has 1 atom stereocenters. The standard InChI is InChI=1S/C20H23N5O3S2/c1-15(16-6-3-2-4-7-16)21-19(26)14-24-10-12-25(13-11-24)30(27,28)18-9-5-8-17-20(18)23-29-22-17/h2-9,15H,10-14H2,1H3,(H,21,26). The molecule has 0 spiro atoms. The molecular formula is C20H23N5O3S2. The second kappa shape index (κ2) is 8.76. The Morgan fingerprint density at radius 2 is 1.80 bits per heavy atom. The van der Waals surface area contributed by atoms with Crippen LogP contribution >= 0.6 is 11.7 Å². The monoisotopic (exact) mass is 445 g/mol. The number of benzene rings is 2. The minimum atomic E-state index is -3.66. The quantitative estimate of drug-likeness (QED) is 0.622. The van der Waals surface area contributed by atoms with E-state index >= 15 is 0 Å². The Balaban J connectivity index is 1.34. The molecule has 1 aromatic heterocycles. The number of fused-ring (bicyclic) bond motifs is 1. The maximum atomic E-state index is 13.1. The van der Waals surface area contributed by atoms with Crippen LogP contribution in [0.25, 0.3) is 11.0 Å². The number of piperazine rings is 1. The second-order valence-corrected chi connectivity index (χ2v) is 9.70. The number of amides is 1. The van der Waals surface area contributed by atoms with Gasteiger partial charge in [0.2, 0.25) is 15.9 Å². The molecule has 8 nitrogen and oxygen atoms in total. The van der Waals surface area contributed by atoms with Gasteiger partial charge in [0.25, 0.3) is 0 Å². The smallest absolute Gasteiger partial charge is 0.245 e. The van der Waals surface area contributed by atoms with E-state index in [0.29, 0.717) is 37.2 Å². The van der Waals surface area contributed by atoms with Crippen LogP contribution in [-0.4, -0.2) is 65.0 Å². The van der Waals surface area contributed by atoms with Crippen molar-refractivity contribution in [1.82, 2.24) is 23.3 Å². The normalized spacial score (nSPS) is 17.1. The molecule has 0 bridgehead atoms. The molecule has 3 aromatic rings. The zero-order valence-corrected chi connectivity index (χ0v) is 18.2. The van der Waals surface area contributed by atoms with E-state index in [4.69, 9.17) is 0 Å². The van der Waals surface area contributed by atoms with Crippen LogP contribution in [0.5, 0.6) is 0 Å². The predicted molar refractivity (Wildman–Crippen MR) is 116 cm³/mol. The molecule has 1 N–H and O–H groups in total. The summed E-state index contributed by atoms with van der Waals surface area (Å²) in [4.78, 5) is 14.6. The van der Waals surface area contributed by atoms with E-state index in [1.54, 1.807) is 18.2 Å². The molecule has 0 radical (unpaired) electrons. The zero-order chi connectivity index (χ0) is 21.1. The van der Waals surface area contributed by atoms with E-state index in [2.05, 4.69) is 14.1 Å². The highest BCUT2D eigenvalue weighted by molar-refractivity contribution is 7.89. The lowest BCUT2D eigenvalue weighted by Crippen LogP contribution is -2.51. The molecule has 0 aliphatic carbocycles. The van der Waals surface area contributed by atoms with Crippen molar-refractivity contribution >= 4 is 38.7 Å². The first-order chi connectivity index (χ1) is 14.4. The largest absolute Gasteiger partial charge is 0.348 e. The topological polar surface area (TPSA) is 95.5 Å². The molecule has 1 amide bonds. The van der Waals surface area contributed by atoms with Crippen molar-refractivity contribution in [2.24, 2.45) is 0 Å². The zero-order valence-electron chi connectivity index (χ0n) is 16.6. The number of nitrogens with zero attached hydrogens (tertiary/aromatic N) is 4. The first-order valence-corrected chi connectivity index (χ1v) is 11.9. The molecule has 1 unspecified atom stereocenters. The van der Waals surface area contributed by atoms with Gasteiger partial charge in [0.15, 0.2) is 0 Å². The van der Waals surface area contributed by atoms with Gasteiger partial charge in [0, 0.05) is 26.2 Å². The number of rotatable bonds is 6. The van der Waals surface area contributed by atoms with Gasteiger partial charge in [-0.05, 0) is 24.6 Å². The van der Waals surface area contributed by atoms with Crippen molar-refractivity contribution in [2.45, 2.75) is 17.9 Å². The number of hydrogen-bond donors (Lipinski definition) is 1. The number of carbonyl (C=O) groups is 1. The van der Waals surface area contributed by atoms with Gasteiger partial charge in [-0.3, -0.25) is 9.69 Å². The Kier molecular flexibility index (Phi) is 6.09. The van der Waals surface area contributed by atoms with E-state index in [1.807, 2.05) is 42.2 Å². The van der Waals surface area contributed by atoms with Crippen molar-refractivity contribution in [3.63, 3.8) is 0 Å². The second-order valence-electron chi connectivity index (χ2n) is 7.27. The molecule has 1 saturated heterocycles. The van der Waals surface area contributed by atoms with Gasteiger partial charge in [-0.15, -0.1) is 0 Å². The van der Waals surface area contributed by atoms with E-state index in [-0.39, 0.29) is 23.4 Å². The Labute approximate surface area is 179 Å². The Hall–Kier alpha value is -2.40. The first-order valence-electron chi connectivity index (χ1n) is 9.73. The van der Waals surface area contributed by atoms with Crippen LogP contribution in [0.3, 0.4) is 0 Å². The van der Waals surface area contributed by atoms with Crippen LogP contribution in [0.15, 0.2) is 53.4 Å². The lowest BCUT2D eigenvalue weighted by molar-refractivity contribution is -0.123. The Morgan fingerprint density at radius 1 is 1.07 bits per heavy atom. The lowest BCUT2D eigenvalue weighted by atomic mass is 10.1. The van der Waals surface area contributed by atoms with Gasteiger partial charge in [0.05, 0.1) is 24.3 Å². The van der Waals surface area contributed by atoms with Gasteiger partial charge < -0.3 is 5.32 Å². The highest BCUT2D eigenvalue weighted by Crippen LogP contribution is 2.25. The highest BCUT2D eigenvalue weighted by Gasteiger charge is 2.31. The number of nitrogens with one attached hydrogen (secondary N) is 1. The van der Waals surface area contributed by atoms with Crippen LogP contribution in [0.4, 0.5) is 0 Å². The van der Waals surface area contributed by atoms with E-state index in [1.165, 1.54) is 4.31 Å². The van der Waals surface area contributed by atoms with Crippen molar-refractivity contribution in [1.29, 1.82) is 0 Å². The van der Waals surface area contributed by atoms with Crippen LogP contribution in [-0.2, 0) is 14.8 Å². The number of hydrogen-bond acceptors (Lipinski definition) is 7. The Morgan fingerprint density at radius 3 is 2.53 bits per heavy atom. The Bertz CT molecular complexity index is 1130.